The highest BCUT2D eigenvalue weighted by atomic mass is 35.5. The predicted octanol–water partition coefficient (Wildman–Crippen LogP) is 2.75. The van der Waals surface area contributed by atoms with Gasteiger partial charge in [-0.05, 0) is 49.3 Å². The number of carbonyl (C=O) groups excluding carboxylic acids is 1. The second-order valence-electron chi connectivity index (χ2n) is 8.37. The van der Waals surface area contributed by atoms with E-state index < -0.39 is 66.1 Å². The van der Waals surface area contributed by atoms with Crippen molar-refractivity contribution in [3.8, 4) is 0 Å². The van der Waals surface area contributed by atoms with Crippen LogP contribution < -0.4 is 0 Å². The molecule has 3 atom stereocenters. The largest absolute Gasteiger partial charge is 0.490 e. The minimum absolute atomic E-state index is 0.0756. The van der Waals surface area contributed by atoms with Gasteiger partial charge in [0.25, 0.3) is 0 Å². The van der Waals surface area contributed by atoms with Crippen LogP contribution in [-0.4, -0.2) is 64.6 Å². The lowest BCUT2D eigenvalue weighted by Gasteiger charge is -2.51. The van der Waals surface area contributed by atoms with Crippen molar-refractivity contribution in [3.05, 3.63) is 52.8 Å². The summed E-state index contributed by atoms with van der Waals surface area (Å²) in [6.07, 6.45) is 0.782. The van der Waals surface area contributed by atoms with E-state index in [2.05, 4.69) is 0 Å². The summed E-state index contributed by atoms with van der Waals surface area (Å²) in [7, 11) is -7.88. The van der Waals surface area contributed by atoms with E-state index in [0.717, 1.165) is 6.26 Å². The van der Waals surface area contributed by atoms with E-state index in [4.69, 9.17) is 21.1 Å². The fourth-order valence-electron chi connectivity index (χ4n) is 4.78. The van der Waals surface area contributed by atoms with Gasteiger partial charge in [0, 0.05) is 23.8 Å². The smallest absolute Gasteiger partial charge is 0.323 e. The number of fused-ring (bicyclic) bond motifs is 2. The second kappa shape index (κ2) is 8.14. The van der Waals surface area contributed by atoms with Crippen molar-refractivity contribution < 1.29 is 39.9 Å². The third-order valence-corrected chi connectivity index (χ3v) is 10.1. The molecule has 0 N–H and O–H groups in total. The summed E-state index contributed by atoms with van der Waals surface area (Å²) < 4.78 is 90.1. The van der Waals surface area contributed by atoms with E-state index in [0.29, 0.717) is 12.2 Å². The molecule has 7 nitrogen and oxygen atoms in total. The van der Waals surface area contributed by atoms with Crippen LogP contribution in [0.25, 0.3) is 0 Å². The molecule has 0 saturated carbocycles. The maximum absolute atomic E-state index is 14.7. The zero-order valence-electron chi connectivity index (χ0n) is 17.5. The lowest BCUT2D eigenvalue weighted by Crippen LogP contribution is -2.62. The standard InChI is InChI=1S/C21H21ClF2O7S2/c1-32(26,27)11-7-17-15-12-31-19-18(16(25)6-8-21(19,23)24)20(15,9-10-30-17)33(28,29)14-4-2-13(22)3-5-14/h2-6,8,15,17H,7,9-12H2,1H3/t15-,17-,20-/m0/s1. The van der Waals surface area contributed by atoms with Gasteiger partial charge in [-0.2, -0.15) is 8.78 Å². The Kier molecular flexibility index (Phi) is 6.00. The van der Waals surface area contributed by atoms with Crippen LogP contribution in [-0.2, 0) is 33.9 Å². The molecule has 0 bridgehead atoms. The first-order valence-electron chi connectivity index (χ1n) is 10.1. The monoisotopic (exact) mass is 522 g/mol. The summed E-state index contributed by atoms with van der Waals surface area (Å²) in [6, 6.07) is 5.21. The molecule has 0 radical (unpaired) electrons. The molecular weight excluding hydrogens is 502 g/mol. The summed E-state index contributed by atoms with van der Waals surface area (Å²) >= 11 is 5.90. The molecule has 1 fully saturated rings. The Hall–Kier alpha value is -1.82. The zero-order valence-corrected chi connectivity index (χ0v) is 19.9. The van der Waals surface area contributed by atoms with Gasteiger partial charge in [0.2, 0.25) is 0 Å². The van der Waals surface area contributed by atoms with Crippen LogP contribution in [0.5, 0.6) is 0 Å². The number of sulfone groups is 2. The van der Waals surface area contributed by atoms with Gasteiger partial charge >= 0.3 is 5.92 Å². The van der Waals surface area contributed by atoms with Crippen LogP contribution in [0.2, 0.25) is 5.02 Å². The Balaban J connectivity index is 1.95. The van der Waals surface area contributed by atoms with Crippen molar-refractivity contribution in [1.82, 2.24) is 0 Å². The highest BCUT2D eigenvalue weighted by Gasteiger charge is 2.65. The Morgan fingerprint density at radius 1 is 1.15 bits per heavy atom. The Morgan fingerprint density at radius 2 is 1.82 bits per heavy atom. The molecule has 4 rings (SSSR count). The van der Waals surface area contributed by atoms with Crippen LogP contribution in [0.3, 0.4) is 0 Å². The zero-order chi connectivity index (χ0) is 24.2. The van der Waals surface area contributed by atoms with Crippen LogP contribution in [0.15, 0.2) is 52.6 Å². The van der Waals surface area contributed by atoms with Crippen molar-refractivity contribution in [2.24, 2.45) is 5.92 Å². The molecule has 33 heavy (non-hydrogen) atoms. The molecule has 0 spiro atoms. The molecule has 0 aromatic heterocycles. The molecule has 1 aliphatic carbocycles. The topological polar surface area (TPSA) is 104 Å². The number of carbonyl (C=O) groups is 1. The van der Waals surface area contributed by atoms with E-state index in [1.807, 2.05) is 0 Å². The van der Waals surface area contributed by atoms with Gasteiger partial charge in [-0.15, -0.1) is 0 Å². The maximum Gasteiger partial charge on any atom is 0.323 e. The fraction of sp³-hybridized carbons (Fsp3) is 0.476. The lowest BCUT2D eigenvalue weighted by atomic mass is 9.72. The van der Waals surface area contributed by atoms with Gasteiger partial charge < -0.3 is 9.47 Å². The second-order valence-corrected chi connectivity index (χ2v) is 13.3. The van der Waals surface area contributed by atoms with Crippen LogP contribution in [0.1, 0.15) is 12.8 Å². The molecule has 2 heterocycles. The van der Waals surface area contributed by atoms with Crippen molar-refractivity contribution in [1.29, 1.82) is 0 Å². The number of ether oxygens (including phenoxy) is 2. The number of allylic oxidation sites excluding steroid dienone is 2. The molecule has 12 heteroatoms. The van der Waals surface area contributed by atoms with E-state index >= 15 is 0 Å². The first kappa shape index (κ1) is 24.3. The van der Waals surface area contributed by atoms with Gasteiger partial charge in [0.1, 0.15) is 14.6 Å². The van der Waals surface area contributed by atoms with Crippen molar-refractivity contribution in [3.63, 3.8) is 0 Å². The van der Waals surface area contributed by atoms with Gasteiger partial charge in [-0.1, -0.05) is 11.6 Å². The minimum atomic E-state index is -4.45. The fourth-order valence-corrected chi connectivity index (χ4v) is 7.92. The number of benzene rings is 1. The van der Waals surface area contributed by atoms with E-state index in [-0.39, 0.29) is 35.1 Å². The summed E-state index contributed by atoms with van der Waals surface area (Å²) in [5, 5.41) is 0.274. The molecule has 0 amide bonds. The molecule has 0 unspecified atom stereocenters. The predicted molar refractivity (Wildman–Crippen MR) is 116 cm³/mol. The van der Waals surface area contributed by atoms with Gasteiger partial charge in [-0.25, -0.2) is 16.8 Å². The number of ketones is 1. The summed E-state index contributed by atoms with van der Waals surface area (Å²) in [5.74, 6) is -6.92. The molecule has 1 saturated heterocycles. The number of rotatable bonds is 5. The molecule has 1 aromatic carbocycles. The quantitative estimate of drug-likeness (QED) is 0.585. The average Bonchev–Trinajstić information content (AvgIpc) is 2.74. The van der Waals surface area contributed by atoms with Gasteiger partial charge in [0.15, 0.2) is 21.4 Å². The lowest BCUT2D eigenvalue weighted by molar-refractivity contribution is -0.120. The number of hydrogen-bond acceptors (Lipinski definition) is 7. The first-order valence-corrected chi connectivity index (χ1v) is 14.0. The number of alkyl halides is 2. The van der Waals surface area contributed by atoms with Crippen LogP contribution in [0, 0.1) is 5.92 Å². The number of hydrogen-bond donors (Lipinski definition) is 0. The maximum atomic E-state index is 14.7. The van der Waals surface area contributed by atoms with Gasteiger partial charge in [0.05, 0.1) is 28.9 Å². The number of halogens is 3. The molecule has 180 valence electrons. The third kappa shape index (κ3) is 4.02. The SMILES string of the molecule is CS(=O)(=O)CC[C@@H]1OCC[C@@]2(S(=O)(=O)c3ccc(Cl)cc3)C3=C(OC[C@@H]12)C(F)(F)C=CC3=O. The normalized spacial score (nSPS) is 29.3. The first-order chi connectivity index (χ1) is 15.3. The molecule has 2 aliphatic heterocycles. The highest BCUT2D eigenvalue weighted by molar-refractivity contribution is 7.93. The summed E-state index contributed by atoms with van der Waals surface area (Å²) in [5.41, 5.74) is -0.617. The minimum Gasteiger partial charge on any atom is -0.490 e. The Morgan fingerprint density at radius 3 is 2.45 bits per heavy atom. The van der Waals surface area contributed by atoms with E-state index in [1.165, 1.54) is 24.3 Å². The van der Waals surface area contributed by atoms with Gasteiger partial charge in [-0.3, -0.25) is 4.79 Å². The summed E-state index contributed by atoms with van der Waals surface area (Å²) in [4.78, 5) is 12.8. The molecular formula is C21H21ClF2O7S2. The molecule has 3 aliphatic rings. The third-order valence-electron chi connectivity index (χ3n) is 6.28. The van der Waals surface area contributed by atoms with Crippen molar-refractivity contribution in [2.45, 2.75) is 34.5 Å². The van der Waals surface area contributed by atoms with Crippen LogP contribution in [0.4, 0.5) is 8.78 Å². The van der Waals surface area contributed by atoms with E-state index in [9.17, 15) is 30.4 Å². The van der Waals surface area contributed by atoms with Crippen molar-refractivity contribution >= 4 is 37.1 Å². The van der Waals surface area contributed by atoms with Crippen molar-refractivity contribution in [2.75, 3.05) is 25.2 Å². The Labute approximate surface area is 195 Å². The highest BCUT2D eigenvalue weighted by Crippen LogP contribution is 2.54. The molecule has 1 aromatic rings. The van der Waals surface area contributed by atoms with E-state index in [1.54, 1.807) is 0 Å². The summed E-state index contributed by atoms with van der Waals surface area (Å²) in [6.45, 7) is -0.645. The average molecular weight is 523 g/mol. The van der Waals surface area contributed by atoms with Crippen LogP contribution >= 0.6 is 11.6 Å². The Bertz CT molecular complexity index is 1250.